The Balaban J connectivity index is 1.55. The lowest BCUT2D eigenvalue weighted by Crippen LogP contribution is -2.38. The molecule has 3 aromatic carbocycles. The third kappa shape index (κ3) is 3.17. The van der Waals surface area contributed by atoms with Crippen LogP contribution in [0.15, 0.2) is 83.0 Å². The van der Waals surface area contributed by atoms with Gasteiger partial charge in [-0.2, -0.15) is 0 Å². The van der Waals surface area contributed by atoms with E-state index < -0.39 is 47.5 Å². The van der Waals surface area contributed by atoms with E-state index in [2.05, 4.69) is 0 Å². The van der Waals surface area contributed by atoms with Crippen LogP contribution < -0.4 is 0 Å². The van der Waals surface area contributed by atoms with Gasteiger partial charge in [-0.3, -0.25) is 0 Å². The van der Waals surface area contributed by atoms with Crippen molar-refractivity contribution in [1.82, 2.24) is 0 Å². The van der Waals surface area contributed by atoms with Crippen LogP contribution in [-0.2, 0) is 38.1 Å². The first kappa shape index (κ1) is 26.0. The Bertz CT molecular complexity index is 1570. The Morgan fingerprint density at radius 3 is 0.810 bits per heavy atom. The number of hydrogen-bond donors (Lipinski definition) is 0. The third-order valence-electron chi connectivity index (χ3n) is 9.13. The minimum atomic E-state index is -0.599. The lowest BCUT2D eigenvalue weighted by Gasteiger charge is -2.46. The van der Waals surface area contributed by atoms with Crippen LogP contribution in [0.2, 0.25) is 0 Å². The Morgan fingerprint density at radius 1 is 0.405 bits per heavy atom. The second-order valence-corrected chi connectivity index (χ2v) is 10.7. The maximum Gasteiger partial charge on any atom is 0.335 e. The second-order valence-electron chi connectivity index (χ2n) is 10.7. The summed E-state index contributed by atoms with van der Waals surface area (Å²) in [5, 5.41) is 0. The topological polar surface area (TPSA) is 105 Å². The number of benzene rings is 3. The second kappa shape index (κ2) is 9.27. The predicted molar refractivity (Wildman–Crippen MR) is 149 cm³/mol. The van der Waals surface area contributed by atoms with Crippen molar-refractivity contribution in [3.63, 3.8) is 0 Å². The molecule has 0 radical (unpaired) electrons. The number of carbonyl (C=O) groups is 4. The number of methoxy groups -OCH3 is 4. The number of esters is 4. The summed E-state index contributed by atoms with van der Waals surface area (Å²) in [5.74, 6) is -4.75. The van der Waals surface area contributed by atoms with E-state index in [1.165, 1.54) is 28.4 Å². The largest absolute Gasteiger partial charge is 0.466 e. The van der Waals surface area contributed by atoms with Crippen LogP contribution in [0.4, 0.5) is 0 Å². The normalized spacial score (nSPS) is 22.0. The molecule has 0 aromatic heterocycles. The molecule has 0 fully saturated rings. The average molecular weight is 563 g/mol. The molecular weight excluding hydrogens is 536 g/mol. The van der Waals surface area contributed by atoms with Crippen LogP contribution in [0.5, 0.6) is 0 Å². The molecule has 3 aromatic rings. The highest BCUT2D eigenvalue weighted by atomic mass is 16.5. The summed E-state index contributed by atoms with van der Waals surface area (Å²) in [6.45, 7) is 0. The van der Waals surface area contributed by atoms with Crippen LogP contribution in [0.25, 0.3) is 0 Å². The minimum absolute atomic E-state index is 0.251. The predicted octanol–water partition coefficient (Wildman–Crippen LogP) is 4.15. The molecule has 0 saturated carbocycles. The molecule has 0 spiro atoms. The fourth-order valence-electron chi connectivity index (χ4n) is 7.63. The van der Waals surface area contributed by atoms with E-state index in [4.69, 9.17) is 18.9 Å². The molecule has 6 aliphatic rings. The van der Waals surface area contributed by atoms with Gasteiger partial charge in [-0.25, -0.2) is 19.2 Å². The van der Waals surface area contributed by atoms with Crippen molar-refractivity contribution >= 4 is 23.9 Å². The van der Waals surface area contributed by atoms with E-state index >= 15 is 0 Å². The van der Waals surface area contributed by atoms with Gasteiger partial charge in [0.1, 0.15) is 0 Å². The number of ether oxygens (including phenoxy) is 4. The molecule has 0 aliphatic heterocycles. The van der Waals surface area contributed by atoms with Gasteiger partial charge in [0.2, 0.25) is 0 Å². The smallest absolute Gasteiger partial charge is 0.335 e. The zero-order valence-electron chi connectivity index (χ0n) is 23.3. The average Bonchev–Trinajstić information content (AvgIpc) is 3.04. The first-order valence-corrected chi connectivity index (χ1v) is 13.5. The van der Waals surface area contributed by atoms with E-state index in [1.54, 1.807) is 0 Å². The quantitative estimate of drug-likeness (QED) is 0.345. The van der Waals surface area contributed by atoms with E-state index in [0.29, 0.717) is 0 Å². The Labute approximate surface area is 241 Å². The first-order valence-electron chi connectivity index (χ1n) is 13.5. The van der Waals surface area contributed by atoms with Gasteiger partial charge in [0.25, 0.3) is 0 Å². The van der Waals surface area contributed by atoms with Gasteiger partial charge in [-0.1, -0.05) is 60.7 Å². The van der Waals surface area contributed by atoms with Crippen LogP contribution >= 0.6 is 0 Å². The Morgan fingerprint density at radius 2 is 0.619 bits per heavy atom. The summed E-state index contributed by atoms with van der Waals surface area (Å²) in [4.78, 5) is 53.2. The highest BCUT2D eigenvalue weighted by molar-refractivity contribution is 6.08. The van der Waals surface area contributed by atoms with Crippen molar-refractivity contribution in [1.29, 1.82) is 0 Å². The zero-order valence-corrected chi connectivity index (χ0v) is 23.3. The third-order valence-corrected chi connectivity index (χ3v) is 9.13. The molecule has 8 heteroatoms. The van der Waals surface area contributed by atoms with E-state index in [-0.39, 0.29) is 22.3 Å². The molecule has 0 N–H and O–H groups in total. The zero-order chi connectivity index (χ0) is 29.4. The van der Waals surface area contributed by atoms with Crippen molar-refractivity contribution in [2.75, 3.05) is 28.4 Å². The van der Waals surface area contributed by atoms with Crippen LogP contribution in [-0.4, -0.2) is 52.3 Å². The summed E-state index contributed by atoms with van der Waals surface area (Å²) >= 11 is 0. The van der Waals surface area contributed by atoms with E-state index in [1.807, 2.05) is 60.7 Å². The van der Waals surface area contributed by atoms with Crippen molar-refractivity contribution in [3.8, 4) is 0 Å². The van der Waals surface area contributed by atoms with E-state index in [0.717, 1.165) is 44.5 Å². The van der Waals surface area contributed by atoms with Gasteiger partial charge in [-0.15, -0.1) is 0 Å². The summed E-state index contributed by atoms with van der Waals surface area (Å²) in [6.07, 6.45) is 0. The number of hydrogen-bond acceptors (Lipinski definition) is 8. The van der Waals surface area contributed by atoms with Gasteiger partial charge in [0, 0.05) is 23.7 Å². The monoisotopic (exact) mass is 562 g/mol. The van der Waals surface area contributed by atoms with Crippen molar-refractivity contribution in [2.24, 2.45) is 0 Å². The van der Waals surface area contributed by atoms with Crippen LogP contribution in [0.1, 0.15) is 68.2 Å². The molecule has 4 atom stereocenters. The van der Waals surface area contributed by atoms with Gasteiger partial charge in [0.15, 0.2) is 0 Å². The summed E-state index contributed by atoms with van der Waals surface area (Å²) in [5.41, 5.74) is 8.01. The lowest BCUT2D eigenvalue weighted by molar-refractivity contribution is -0.140. The van der Waals surface area contributed by atoms with Crippen molar-refractivity contribution in [2.45, 2.75) is 23.7 Å². The molecule has 9 rings (SSSR count). The van der Waals surface area contributed by atoms with Gasteiger partial charge in [0.05, 0.1) is 50.7 Å². The van der Waals surface area contributed by atoms with Crippen LogP contribution in [0, 0.1) is 0 Å². The summed E-state index contributed by atoms with van der Waals surface area (Å²) in [7, 11) is 5.18. The molecule has 0 saturated heterocycles. The summed E-state index contributed by atoms with van der Waals surface area (Å²) in [6, 6.07) is 19.5. The maximum absolute atomic E-state index is 13.3. The molecule has 0 heterocycles. The minimum Gasteiger partial charge on any atom is -0.466 e. The van der Waals surface area contributed by atoms with Gasteiger partial charge >= 0.3 is 23.9 Å². The fraction of sp³-hybridized carbons (Fsp3) is 0.235. The Hall–Kier alpha value is -4.98. The molecule has 8 nitrogen and oxygen atoms in total. The standard InChI is InChI=1S/C34H26O8/c1-39-31(35)27-23-15-9-5-6-10-16(15)24(28(27)32(36)40-2)20-14-22-21(13-19(20)23)25-17-11-7-8-12-18(17)26(22)30(34(38)42-4)29(25)33(37)41-3/h5-14,23-26H,1-4H3/t23-,24-,25-,26-/m0/s1. The molecule has 0 amide bonds. The van der Waals surface area contributed by atoms with Crippen LogP contribution in [0.3, 0.4) is 0 Å². The fourth-order valence-corrected chi connectivity index (χ4v) is 7.63. The van der Waals surface area contributed by atoms with E-state index in [9.17, 15) is 19.2 Å². The highest BCUT2D eigenvalue weighted by Crippen LogP contribution is 2.61. The number of carbonyl (C=O) groups excluding carboxylic acids is 4. The highest BCUT2D eigenvalue weighted by Gasteiger charge is 2.52. The molecule has 0 unspecified atom stereocenters. The first-order chi connectivity index (χ1) is 20.4. The van der Waals surface area contributed by atoms with Gasteiger partial charge < -0.3 is 18.9 Å². The molecular formula is C34H26O8. The molecule has 4 bridgehead atoms. The molecule has 6 aliphatic carbocycles. The SMILES string of the molecule is COC(=O)C1=C(C(=O)OC)[C@H]2c3ccccc3[C@H]1c1cc3c(cc12)[C@H]1C(C(=O)OC)=C(C(=O)OC)[C@H]3c2ccccc21. The Kier molecular flexibility index (Phi) is 5.73. The van der Waals surface area contributed by atoms with Crippen molar-refractivity contribution in [3.05, 3.63) is 127 Å². The maximum atomic E-state index is 13.3. The lowest BCUT2D eigenvalue weighted by atomic mass is 9.56. The summed E-state index contributed by atoms with van der Waals surface area (Å²) < 4.78 is 20.8. The van der Waals surface area contributed by atoms with Crippen molar-refractivity contribution < 1.29 is 38.1 Å². The molecule has 42 heavy (non-hydrogen) atoms. The number of rotatable bonds is 4. The molecule has 210 valence electrons. The van der Waals surface area contributed by atoms with Gasteiger partial charge in [-0.05, 0) is 44.5 Å².